The van der Waals surface area contributed by atoms with Crippen molar-refractivity contribution in [3.8, 4) is 0 Å². The monoisotopic (exact) mass is 396 g/mol. The summed E-state index contributed by atoms with van der Waals surface area (Å²) in [7, 11) is 0. The summed E-state index contributed by atoms with van der Waals surface area (Å²) in [5.41, 5.74) is 1.93. The van der Waals surface area contributed by atoms with Gasteiger partial charge in [0.05, 0.1) is 5.92 Å². The van der Waals surface area contributed by atoms with Gasteiger partial charge in [-0.3, -0.25) is 9.59 Å². The molecular weight excluding hydrogens is 368 g/mol. The number of rotatable bonds is 5. The number of aliphatic carboxylic acids is 1. The Bertz CT molecular complexity index is 546. The molecule has 0 atom stereocenters. The van der Waals surface area contributed by atoms with E-state index in [9.17, 15) is 9.59 Å². The zero-order chi connectivity index (χ0) is 18.1. The van der Waals surface area contributed by atoms with Crippen molar-refractivity contribution in [2.24, 2.45) is 11.8 Å². The summed E-state index contributed by atoms with van der Waals surface area (Å²) < 4.78 is 1.03. The van der Waals surface area contributed by atoms with Crippen LogP contribution in [0.1, 0.15) is 75.2 Å². The van der Waals surface area contributed by atoms with E-state index in [1.165, 1.54) is 12.8 Å². The summed E-state index contributed by atoms with van der Waals surface area (Å²) in [6.07, 6.45) is 7.47. The van der Waals surface area contributed by atoms with Gasteiger partial charge in [-0.2, -0.15) is 0 Å². The number of carboxylic acids is 1. The van der Waals surface area contributed by atoms with Crippen molar-refractivity contribution in [3.05, 3.63) is 33.8 Å². The number of hydrogen-bond acceptors (Lipinski definition) is 2. The number of hydrogen-bond donors (Lipinski definition) is 1. The van der Waals surface area contributed by atoms with Crippen LogP contribution in [0, 0.1) is 11.8 Å². The SMILES string of the molecule is CCCC1CCC(C(=O)O)CC1.CCc1c(Br)cccc1C(C)=O. The Hall–Kier alpha value is -1.16. The lowest BCUT2D eigenvalue weighted by atomic mass is 9.80. The molecule has 1 fully saturated rings. The van der Waals surface area contributed by atoms with Crippen LogP contribution >= 0.6 is 15.9 Å². The van der Waals surface area contributed by atoms with Crippen LogP contribution in [-0.2, 0) is 11.2 Å². The fourth-order valence-corrected chi connectivity index (χ4v) is 4.00. The second kappa shape index (κ2) is 10.7. The molecule has 3 nitrogen and oxygen atoms in total. The lowest BCUT2D eigenvalue weighted by Gasteiger charge is -2.25. The van der Waals surface area contributed by atoms with Crippen molar-refractivity contribution >= 4 is 27.7 Å². The maximum atomic E-state index is 11.2. The minimum atomic E-state index is -0.593. The fourth-order valence-electron chi connectivity index (χ4n) is 3.35. The molecule has 0 radical (unpaired) electrons. The van der Waals surface area contributed by atoms with Crippen molar-refractivity contribution in [1.29, 1.82) is 0 Å². The molecule has 0 aliphatic heterocycles. The molecule has 1 aliphatic rings. The van der Waals surface area contributed by atoms with Crippen LogP contribution in [0.25, 0.3) is 0 Å². The number of carbonyl (C=O) groups is 2. The molecule has 2 rings (SSSR count). The highest BCUT2D eigenvalue weighted by atomic mass is 79.9. The Kier molecular flexibility index (Phi) is 9.27. The van der Waals surface area contributed by atoms with Gasteiger partial charge in [-0.05, 0) is 56.6 Å². The Morgan fingerprint density at radius 3 is 2.21 bits per heavy atom. The largest absolute Gasteiger partial charge is 0.481 e. The first kappa shape index (κ1) is 20.9. The van der Waals surface area contributed by atoms with Crippen LogP contribution in [0.4, 0.5) is 0 Å². The summed E-state index contributed by atoms with van der Waals surface area (Å²) in [6, 6.07) is 5.72. The third-order valence-corrected chi connectivity index (χ3v) is 5.49. The van der Waals surface area contributed by atoms with Crippen LogP contribution in [-0.4, -0.2) is 16.9 Å². The number of carboxylic acid groups (broad SMARTS) is 1. The molecule has 134 valence electrons. The summed E-state index contributed by atoms with van der Waals surface area (Å²) in [4.78, 5) is 21.8. The molecule has 1 aliphatic carbocycles. The van der Waals surface area contributed by atoms with Gasteiger partial charge in [0.2, 0.25) is 0 Å². The van der Waals surface area contributed by atoms with Crippen molar-refractivity contribution < 1.29 is 14.7 Å². The van der Waals surface area contributed by atoms with Gasteiger partial charge in [-0.1, -0.05) is 54.8 Å². The van der Waals surface area contributed by atoms with E-state index in [-0.39, 0.29) is 11.7 Å². The Morgan fingerprint density at radius 1 is 1.17 bits per heavy atom. The third kappa shape index (κ3) is 6.39. The zero-order valence-corrected chi connectivity index (χ0v) is 16.6. The summed E-state index contributed by atoms with van der Waals surface area (Å²) >= 11 is 3.42. The number of halogens is 1. The standard InChI is InChI=1S/C10H11BrO.C10H18O2/c1-3-8-9(7(2)12)5-4-6-10(8)11;1-2-3-8-4-6-9(7-5-8)10(11)12/h4-6H,3H2,1-2H3;8-9H,2-7H2,1H3,(H,11,12). The molecule has 0 amide bonds. The maximum absolute atomic E-state index is 11.2. The molecule has 0 unspecified atom stereocenters. The van der Waals surface area contributed by atoms with Crippen LogP contribution in [0.15, 0.2) is 22.7 Å². The van der Waals surface area contributed by atoms with Gasteiger partial charge in [-0.15, -0.1) is 0 Å². The highest BCUT2D eigenvalue weighted by Crippen LogP contribution is 2.31. The molecule has 1 saturated carbocycles. The molecular formula is C20H29BrO3. The predicted octanol–water partition coefficient (Wildman–Crippen LogP) is 5.89. The summed E-state index contributed by atoms with van der Waals surface area (Å²) in [5, 5.41) is 8.75. The number of carbonyl (C=O) groups excluding carboxylic acids is 1. The van der Waals surface area contributed by atoms with Crippen LogP contribution in [0.5, 0.6) is 0 Å². The average molecular weight is 397 g/mol. The smallest absolute Gasteiger partial charge is 0.306 e. The van der Waals surface area contributed by atoms with E-state index >= 15 is 0 Å². The highest BCUT2D eigenvalue weighted by Gasteiger charge is 2.24. The molecule has 0 aromatic heterocycles. The van der Waals surface area contributed by atoms with Gasteiger partial charge in [0, 0.05) is 10.0 Å². The quantitative estimate of drug-likeness (QED) is 0.630. The van der Waals surface area contributed by atoms with Gasteiger partial charge in [0.25, 0.3) is 0 Å². The van der Waals surface area contributed by atoms with E-state index < -0.39 is 5.97 Å². The fraction of sp³-hybridized carbons (Fsp3) is 0.600. The van der Waals surface area contributed by atoms with Gasteiger partial charge in [0.1, 0.15) is 0 Å². The van der Waals surface area contributed by atoms with Gasteiger partial charge >= 0.3 is 5.97 Å². The van der Waals surface area contributed by atoms with E-state index in [2.05, 4.69) is 22.9 Å². The topological polar surface area (TPSA) is 54.4 Å². The normalized spacial score (nSPS) is 20.0. The van der Waals surface area contributed by atoms with E-state index in [0.717, 1.165) is 53.6 Å². The lowest BCUT2D eigenvalue weighted by Crippen LogP contribution is -2.21. The minimum Gasteiger partial charge on any atom is -0.481 e. The van der Waals surface area contributed by atoms with E-state index in [4.69, 9.17) is 5.11 Å². The highest BCUT2D eigenvalue weighted by molar-refractivity contribution is 9.10. The van der Waals surface area contributed by atoms with Gasteiger partial charge in [0.15, 0.2) is 5.78 Å². The maximum Gasteiger partial charge on any atom is 0.306 e. The van der Waals surface area contributed by atoms with Gasteiger partial charge in [-0.25, -0.2) is 0 Å². The number of benzene rings is 1. The first-order valence-corrected chi connectivity index (χ1v) is 9.71. The van der Waals surface area contributed by atoms with Gasteiger partial charge < -0.3 is 5.11 Å². The Morgan fingerprint density at radius 2 is 1.79 bits per heavy atom. The third-order valence-electron chi connectivity index (χ3n) is 4.74. The first-order valence-electron chi connectivity index (χ1n) is 8.91. The molecule has 1 N–H and O–H groups in total. The molecule has 0 spiro atoms. The van der Waals surface area contributed by atoms with Crippen molar-refractivity contribution in [2.45, 2.75) is 65.7 Å². The van der Waals surface area contributed by atoms with E-state index in [1.807, 2.05) is 25.1 Å². The molecule has 4 heteroatoms. The average Bonchev–Trinajstić information content (AvgIpc) is 2.56. The number of Topliss-reactive ketones (excluding diaryl/α,β-unsaturated/α-hetero) is 1. The Labute approximate surface area is 154 Å². The number of ketones is 1. The Balaban J connectivity index is 0.000000240. The van der Waals surface area contributed by atoms with Crippen molar-refractivity contribution in [3.63, 3.8) is 0 Å². The first-order chi connectivity index (χ1) is 11.4. The van der Waals surface area contributed by atoms with Crippen LogP contribution in [0.2, 0.25) is 0 Å². The van der Waals surface area contributed by atoms with E-state index in [1.54, 1.807) is 6.92 Å². The van der Waals surface area contributed by atoms with Crippen molar-refractivity contribution in [1.82, 2.24) is 0 Å². The predicted molar refractivity (Wildman–Crippen MR) is 102 cm³/mol. The molecule has 0 heterocycles. The van der Waals surface area contributed by atoms with Crippen molar-refractivity contribution in [2.75, 3.05) is 0 Å². The molecule has 0 bridgehead atoms. The molecule has 0 saturated heterocycles. The molecule has 1 aromatic carbocycles. The summed E-state index contributed by atoms with van der Waals surface area (Å²) in [6.45, 7) is 5.84. The molecule has 1 aromatic rings. The van der Waals surface area contributed by atoms with Crippen LogP contribution < -0.4 is 0 Å². The summed E-state index contributed by atoms with van der Waals surface area (Å²) in [5.74, 6) is 0.307. The minimum absolute atomic E-state index is 0.0434. The van der Waals surface area contributed by atoms with Crippen LogP contribution in [0.3, 0.4) is 0 Å². The second-order valence-corrected chi connectivity index (χ2v) is 7.37. The lowest BCUT2D eigenvalue weighted by molar-refractivity contribution is -0.143. The van der Waals surface area contributed by atoms with E-state index in [0.29, 0.717) is 0 Å². The molecule has 24 heavy (non-hydrogen) atoms. The second-order valence-electron chi connectivity index (χ2n) is 6.52. The zero-order valence-electron chi connectivity index (χ0n) is 15.0.